The lowest BCUT2D eigenvalue weighted by atomic mass is 10.0. The number of carbonyl (C=O) groups excluding carboxylic acids is 1. The molecule has 0 saturated carbocycles. The molecule has 0 fully saturated rings. The number of primary amides is 1. The quantitative estimate of drug-likeness (QED) is 0.680. The number of carbonyl (C=O) groups is 1. The largest absolute Gasteiger partial charge is 0.399 e. The van der Waals surface area contributed by atoms with E-state index in [9.17, 15) is 4.79 Å². The SMILES string of the molecule is CCC(C)(C)Nc1ccc(N)cc1C(N)=O. The number of nitrogens with two attached hydrogens (primary N) is 2. The zero-order chi connectivity index (χ0) is 12.3. The fraction of sp³-hybridized carbons (Fsp3) is 0.417. The molecule has 5 N–H and O–H groups in total. The predicted octanol–water partition coefficient (Wildman–Crippen LogP) is 1.97. The van der Waals surface area contributed by atoms with Crippen LogP contribution in [0.15, 0.2) is 18.2 Å². The predicted molar refractivity (Wildman–Crippen MR) is 67.4 cm³/mol. The summed E-state index contributed by atoms with van der Waals surface area (Å²) in [6.45, 7) is 6.20. The molecule has 88 valence electrons. The summed E-state index contributed by atoms with van der Waals surface area (Å²) in [6.07, 6.45) is 0.940. The van der Waals surface area contributed by atoms with Gasteiger partial charge >= 0.3 is 0 Å². The Bertz CT molecular complexity index is 399. The van der Waals surface area contributed by atoms with Gasteiger partial charge in [0.05, 0.1) is 5.56 Å². The smallest absolute Gasteiger partial charge is 0.250 e. The van der Waals surface area contributed by atoms with Gasteiger partial charge in [-0.15, -0.1) is 0 Å². The van der Waals surface area contributed by atoms with Gasteiger partial charge in [-0.25, -0.2) is 0 Å². The first-order chi connectivity index (χ1) is 7.35. The molecule has 0 spiro atoms. The van der Waals surface area contributed by atoms with Gasteiger partial charge in [0.1, 0.15) is 0 Å². The summed E-state index contributed by atoms with van der Waals surface area (Å²) in [6, 6.07) is 5.13. The fourth-order valence-corrected chi connectivity index (χ4v) is 1.33. The van der Waals surface area contributed by atoms with Gasteiger partial charge in [-0.05, 0) is 38.5 Å². The van der Waals surface area contributed by atoms with E-state index in [1.807, 2.05) is 0 Å². The second-order valence-corrected chi connectivity index (χ2v) is 4.53. The molecule has 0 heterocycles. The van der Waals surface area contributed by atoms with E-state index >= 15 is 0 Å². The second-order valence-electron chi connectivity index (χ2n) is 4.53. The maximum Gasteiger partial charge on any atom is 0.250 e. The van der Waals surface area contributed by atoms with Gasteiger partial charge in [0, 0.05) is 16.9 Å². The van der Waals surface area contributed by atoms with Crippen molar-refractivity contribution in [2.45, 2.75) is 32.7 Å². The molecule has 1 rings (SSSR count). The maximum absolute atomic E-state index is 11.3. The van der Waals surface area contributed by atoms with E-state index in [1.165, 1.54) is 0 Å². The van der Waals surface area contributed by atoms with Gasteiger partial charge in [-0.3, -0.25) is 4.79 Å². The van der Waals surface area contributed by atoms with Crippen molar-refractivity contribution in [3.63, 3.8) is 0 Å². The van der Waals surface area contributed by atoms with Crippen molar-refractivity contribution in [3.8, 4) is 0 Å². The highest BCUT2D eigenvalue weighted by molar-refractivity contribution is 5.99. The van der Waals surface area contributed by atoms with E-state index < -0.39 is 5.91 Å². The minimum absolute atomic E-state index is 0.0830. The van der Waals surface area contributed by atoms with E-state index in [4.69, 9.17) is 11.5 Å². The monoisotopic (exact) mass is 221 g/mol. The third-order valence-electron chi connectivity index (χ3n) is 2.67. The number of anilines is 2. The summed E-state index contributed by atoms with van der Waals surface area (Å²) < 4.78 is 0. The number of hydrogen-bond acceptors (Lipinski definition) is 3. The van der Waals surface area contributed by atoms with E-state index in [1.54, 1.807) is 18.2 Å². The Hall–Kier alpha value is -1.71. The molecule has 0 atom stereocenters. The standard InChI is InChI=1S/C12H19N3O/c1-4-12(2,3)15-10-6-5-8(13)7-9(10)11(14)16/h5-7,15H,4,13H2,1-3H3,(H2,14,16). The van der Waals surface area contributed by atoms with Crippen LogP contribution >= 0.6 is 0 Å². The summed E-state index contributed by atoms with van der Waals surface area (Å²) in [4.78, 5) is 11.3. The van der Waals surface area contributed by atoms with Gasteiger partial charge in [-0.2, -0.15) is 0 Å². The highest BCUT2D eigenvalue weighted by atomic mass is 16.1. The minimum atomic E-state index is -0.471. The molecule has 0 unspecified atom stereocenters. The number of benzene rings is 1. The number of amides is 1. The van der Waals surface area contributed by atoms with Crippen LogP contribution in [0, 0.1) is 0 Å². The van der Waals surface area contributed by atoms with Gasteiger partial charge < -0.3 is 16.8 Å². The van der Waals surface area contributed by atoms with E-state index in [2.05, 4.69) is 26.1 Å². The summed E-state index contributed by atoms with van der Waals surface area (Å²) in [7, 11) is 0. The van der Waals surface area contributed by atoms with Crippen molar-refractivity contribution >= 4 is 17.3 Å². The Morgan fingerprint density at radius 3 is 2.56 bits per heavy atom. The fourth-order valence-electron chi connectivity index (χ4n) is 1.33. The summed E-state index contributed by atoms with van der Waals surface area (Å²) >= 11 is 0. The van der Waals surface area contributed by atoms with Gasteiger partial charge in [0.2, 0.25) is 0 Å². The minimum Gasteiger partial charge on any atom is -0.399 e. The average molecular weight is 221 g/mol. The molecule has 0 bridgehead atoms. The van der Waals surface area contributed by atoms with Crippen LogP contribution in [0.1, 0.15) is 37.6 Å². The zero-order valence-corrected chi connectivity index (χ0v) is 10.0. The summed E-state index contributed by atoms with van der Waals surface area (Å²) in [5, 5.41) is 3.29. The van der Waals surface area contributed by atoms with Crippen LogP contribution in [0.3, 0.4) is 0 Å². The van der Waals surface area contributed by atoms with Crippen molar-refractivity contribution < 1.29 is 4.79 Å². The summed E-state index contributed by atoms with van der Waals surface area (Å²) in [5.74, 6) is -0.471. The van der Waals surface area contributed by atoms with E-state index in [0.29, 0.717) is 11.3 Å². The highest BCUT2D eigenvalue weighted by Crippen LogP contribution is 2.23. The Morgan fingerprint density at radius 2 is 2.06 bits per heavy atom. The highest BCUT2D eigenvalue weighted by Gasteiger charge is 2.17. The van der Waals surface area contributed by atoms with Gasteiger partial charge in [0.25, 0.3) is 5.91 Å². The molecule has 4 nitrogen and oxygen atoms in total. The average Bonchev–Trinajstić information content (AvgIpc) is 2.20. The molecular formula is C12H19N3O. The lowest BCUT2D eigenvalue weighted by molar-refractivity contribution is 0.100. The number of rotatable bonds is 4. The maximum atomic E-state index is 11.3. The van der Waals surface area contributed by atoms with Crippen molar-refractivity contribution in [2.75, 3.05) is 11.1 Å². The Balaban J connectivity index is 3.09. The van der Waals surface area contributed by atoms with Crippen molar-refractivity contribution in [1.29, 1.82) is 0 Å². The third-order valence-corrected chi connectivity index (χ3v) is 2.67. The number of nitrogen functional groups attached to an aromatic ring is 1. The summed E-state index contributed by atoms with van der Waals surface area (Å²) in [5.41, 5.74) is 12.6. The molecule has 1 amide bonds. The Kier molecular flexibility index (Phi) is 3.42. The zero-order valence-electron chi connectivity index (χ0n) is 10.0. The first-order valence-corrected chi connectivity index (χ1v) is 5.33. The molecule has 1 aromatic carbocycles. The Labute approximate surface area is 96.0 Å². The van der Waals surface area contributed by atoms with E-state index in [0.717, 1.165) is 12.1 Å². The molecule has 0 radical (unpaired) electrons. The first-order valence-electron chi connectivity index (χ1n) is 5.33. The lowest BCUT2D eigenvalue weighted by Gasteiger charge is -2.27. The number of nitrogens with one attached hydrogen (secondary N) is 1. The molecule has 0 aromatic heterocycles. The van der Waals surface area contributed by atoms with Crippen LogP contribution in [0.2, 0.25) is 0 Å². The van der Waals surface area contributed by atoms with Crippen molar-refractivity contribution in [3.05, 3.63) is 23.8 Å². The second kappa shape index (κ2) is 4.43. The molecule has 0 aliphatic heterocycles. The van der Waals surface area contributed by atoms with Crippen LogP contribution in [-0.2, 0) is 0 Å². The van der Waals surface area contributed by atoms with Crippen LogP contribution in [-0.4, -0.2) is 11.4 Å². The van der Waals surface area contributed by atoms with Crippen LogP contribution in [0.4, 0.5) is 11.4 Å². The molecule has 0 saturated heterocycles. The lowest BCUT2D eigenvalue weighted by Crippen LogP contribution is -2.31. The van der Waals surface area contributed by atoms with Crippen molar-refractivity contribution in [1.82, 2.24) is 0 Å². The van der Waals surface area contributed by atoms with E-state index in [-0.39, 0.29) is 5.54 Å². The molecule has 0 aliphatic rings. The molecular weight excluding hydrogens is 202 g/mol. The topological polar surface area (TPSA) is 81.1 Å². The van der Waals surface area contributed by atoms with Crippen molar-refractivity contribution in [2.24, 2.45) is 5.73 Å². The molecule has 16 heavy (non-hydrogen) atoms. The Morgan fingerprint density at radius 1 is 1.44 bits per heavy atom. The molecule has 1 aromatic rings. The number of hydrogen-bond donors (Lipinski definition) is 3. The van der Waals surface area contributed by atoms with Gasteiger partial charge in [-0.1, -0.05) is 6.92 Å². The molecule has 4 heteroatoms. The third kappa shape index (κ3) is 2.89. The van der Waals surface area contributed by atoms with Crippen LogP contribution in [0.5, 0.6) is 0 Å². The van der Waals surface area contributed by atoms with Crippen LogP contribution < -0.4 is 16.8 Å². The van der Waals surface area contributed by atoms with Crippen LogP contribution in [0.25, 0.3) is 0 Å². The normalized spacial score (nSPS) is 11.2. The molecule has 0 aliphatic carbocycles. The van der Waals surface area contributed by atoms with Gasteiger partial charge in [0.15, 0.2) is 0 Å². The first kappa shape index (κ1) is 12.4.